The molecule has 106 valence electrons. The number of carboxylic acid groups (broad SMARTS) is 2. The van der Waals surface area contributed by atoms with Gasteiger partial charge in [0.05, 0.1) is 5.75 Å². The Morgan fingerprint density at radius 2 is 1.72 bits per heavy atom. The van der Waals surface area contributed by atoms with E-state index in [0.29, 0.717) is 6.42 Å². The van der Waals surface area contributed by atoms with Crippen LogP contribution in [0.3, 0.4) is 0 Å². The van der Waals surface area contributed by atoms with Crippen molar-refractivity contribution in [3.05, 3.63) is 0 Å². The number of nitrogens with one attached hydrogen (secondary N) is 1. The van der Waals surface area contributed by atoms with Gasteiger partial charge >= 0.3 is 11.9 Å². The van der Waals surface area contributed by atoms with Crippen LogP contribution in [0.15, 0.2) is 0 Å². The van der Waals surface area contributed by atoms with Crippen LogP contribution in [-0.2, 0) is 19.6 Å². The van der Waals surface area contributed by atoms with Gasteiger partial charge in [0.25, 0.3) is 0 Å². The van der Waals surface area contributed by atoms with Gasteiger partial charge in [-0.2, -0.15) is 0 Å². The number of carboxylic acids is 2. The number of hydrogen-bond donors (Lipinski definition) is 3. The Bertz CT molecular complexity index is 389. The summed E-state index contributed by atoms with van der Waals surface area (Å²) in [5.41, 5.74) is 0. The largest absolute Gasteiger partial charge is 0.481 e. The minimum Gasteiger partial charge on any atom is -0.481 e. The molecule has 18 heavy (non-hydrogen) atoms. The molecular weight excluding hydrogens is 262 g/mol. The summed E-state index contributed by atoms with van der Waals surface area (Å²) in [4.78, 5) is 21.1. The number of hydrogen-bond acceptors (Lipinski definition) is 4. The maximum Gasteiger partial charge on any atom is 0.321 e. The summed E-state index contributed by atoms with van der Waals surface area (Å²) in [7, 11) is -3.69. The van der Waals surface area contributed by atoms with Crippen LogP contribution in [0.25, 0.3) is 0 Å². The number of rotatable bonds is 9. The van der Waals surface area contributed by atoms with Crippen molar-refractivity contribution in [1.29, 1.82) is 0 Å². The van der Waals surface area contributed by atoms with Gasteiger partial charge in [-0.05, 0) is 18.8 Å². The lowest BCUT2D eigenvalue weighted by molar-refractivity contribution is -0.140. The van der Waals surface area contributed by atoms with Crippen LogP contribution in [0.4, 0.5) is 0 Å². The number of carbonyl (C=O) groups is 2. The zero-order chi connectivity index (χ0) is 14.3. The van der Waals surface area contributed by atoms with Gasteiger partial charge in [0.15, 0.2) is 0 Å². The van der Waals surface area contributed by atoms with E-state index in [1.165, 1.54) is 0 Å². The lowest BCUT2D eigenvalue weighted by Crippen LogP contribution is -2.42. The van der Waals surface area contributed by atoms with Crippen molar-refractivity contribution < 1.29 is 28.2 Å². The Morgan fingerprint density at radius 3 is 2.11 bits per heavy atom. The molecule has 0 saturated heterocycles. The van der Waals surface area contributed by atoms with Gasteiger partial charge in [-0.15, -0.1) is 0 Å². The summed E-state index contributed by atoms with van der Waals surface area (Å²) >= 11 is 0. The summed E-state index contributed by atoms with van der Waals surface area (Å²) in [6.45, 7) is 3.71. The first-order valence-electron chi connectivity index (χ1n) is 5.58. The second kappa shape index (κ2) is 7.32. The molecule has 0 spiro atoms. The summed E-state index contributed by atoms with van der Waals surface area (Å²) in [6.07, 6.45) is -0.254. The van der Waals surface area contributed by atoms with Crippen molar-refractivity contribution in [2.24, 2.45) is 5.92 Å². The van der Waals surface area contributed by atoms with Gasteiger partial charge < -0.3 is 10.2 Å². The van der Waals surface area contributed by atoms with Crippen LogP contribution in [-0.4, -0.2) is 42.4 Å². The Kier molecular flexibility index (Phi) is 6.85. The van der Waals surface area contributed by atoms with E-state index in [-0.39, 0.29) is 18.1 Å². The maximum absolute atomic E-state index is 11.6. The molecule has 1 atom stereocenters. The van der Waals surface area contributed by atoms with Crippen molar-refractivity contribution in [3.8, 4) is 0 Å². The molecule has 0 heterocycles. The fourth-order valence-electron chi connectivity index (χ4n) is 1.17. The van der Waals surface area contributed by atoms with Crippen LogP contribution < -0.4 is 4.72 Å². The Hall–Kier alpha value is -1.15. The SMILES string of the molecule is CC(C)CCS(=O)(=O)NC(CCC(=O)O)C(=O)O. The molecule has 0 fully saturated rings. The molecule has 0 rings (SSSR count). The molecule has 0 bridgehead atoms. The molecule has 0 aromatic rings. The van der Waals surface area contributed by atoms with Crippen LogP contribution in [0.1, 0.15) is 33.1 Å². The molecule has 8 heteroatoms. The van der Waals surface area contributed by atoms with Crippen molar-refractivity contribution in [2.45, 2.75) is 39.2 Å². The molecule has 0 aliphatic rings. The van der Waals surface area contributed by atoms with Crippen molar-refractivity contribution in [3.63, 3.8) is 0 Å². The van der Waals surface area contributed by atoms with E-state index in [4.69, 9.17) is 10.2 Å². The van der Waals surface area contributed by atoms with Crippen molar-refractivity contribution in [2.75, 3.05) is 5.75 Å². The lowest BCUT2D eigenvalue weighted by atomic mass is 10.2. The highest BCUT2D eigenvalue weighted by molar-refractivity contribution is 7.89. The van der Waals surface area contributed by atoms with E-state index in [9.17, 15) is 18.0 Å². The highest BCUT2D eigenvalue weighted by Crippen LogP contribution is 2.05. The van der Waals surface area contributed by atoms with E-state index in [2.05, 4.69) is 0 Å². The third-order valence-electron chi connectivity index (χ3n) is 2.23. The third kappa shape index (κ3) is 8.02. The highest BCUT2D eigenvalue weighted by Gasteiger charge is 2.24. The van der Waals surface area contributed by atoms with Crippen LogP contribution >= 0.6 is 0 Å². The summed E-state index contributed by atoms with van der Waals surface area (Å²) in [5.74, 6) is -2.52. The second-order valence-corrected chi connectivity index (χ2v) is 6.32. The molecule has 0 amide bonds. The standard InChI is InChI=1S/C10H19NO6S/c1-7(2)5-6-18(16,17)11-8(10(14)15)3-4-9(12)13/h7-8,11H,3-6H2,1-2H3,(H,12,13)(H,14,15). The Labute approximate surface area is 106 Å². The molecule has 0 saturated carbocycles. The van der Waals surface area contributed by atoms with Gasteiger partial charge in [0, 0.05) is 6.42 Å². The molecule has 3 N–H and O–H groups in total. The smallest absolute Gasteiger partial charge is 0.321 e. The van der Waals surface area contributed by atoms with Gasteiger partial charge in [0.1, 0.15) is 6.04 Å². The van der Waals surface area contributed by atoms with E-state index < -0.39 is 34.4 Å². The van der Waals surface area contributed by atoms with Gasteiger partial charge in [-0.25, -0.2) is 13.1 Å². The zero-order valence-electron chi connectivity index (χ0n) is 10.4. The summed E-state index contributed by atoms with van der Waals surface area (Å²) in [6, 6.07) is -1.39. The molecule has 0 radical (unpaired) electrons. The monoisotopic (exact) mass is 281 g/mol. The molecule has 1 unspecified atom stereocenters. The van der Waals surface area contributed by atoms with Gasteiger partial charge in [-0.3, -0.25) is 9.59 Å². The number of sulfonamides is 1. The molecule has 0 aromatic carbocycles. The second-order valence-electron chi connectivity index (χ2n) is 4.44. The summed E-state index contributed by atoms with van der Waals surface area (Å²) in [5, 5.41) is 17.3. The first-order chi connectivity index (χ1) is 8.14. The van der Waals surface area contributed by atoms with Gasteiger partial charge in [0.2, 0.25) is 10.0 Å². The van der Waals surface area contributed by atoms with E-state index in [0.717, 1.165) is 0 Å². The van der Waals surface area contributed by atoms with E-state index in [1.807, 2.05) is 18.6 Å². The highest BCUT2D eigenvalue weighted by atomic mass is 32.2. The zero-order valence-corrected chi connectivity index (χ0v) is 11.2. The quantitative estimate of drug-likeness (QED) is 0.558. The van der Waals surface area contributed by atoms with E-state index >= 15 is 0 Å². The predicted molar refractivity (Wildman–Crippen MR) is 64.7 cm³/mol. The minimum atomic E-state index is -3.69. The van der Waals surface area contributed by atoms with Crippen LogP contribution in [0.5, 0.6) is 0 Å². The first kappa shape index (κ1) is 16.9. The molecule has 0 aromatic heterocycles. The van der Waals surface area contributed by atoms with Crippen LogP contribution in [0.2, 0.25) is 0 Å². The fourth-order valence-corrected chi connectivity index (χ4v) is 2.72. The maximum atomic E-state index is 11.6. The topological polar surface area (TPSA) is 121 Å². The van der Waals surface area contributed by atoms with Crippen molar-refractivity contribution >= 4 is 22.0 Å². The average molecular weight is 281 g/mol. The summed E-state index contributed by atoms with van der Waals surface area (Å²) < 4.78 is 25.2. The van der Waals surface area contributed by atoms with E-state index in [1.54, 1.807) is 0 Å². The molecular formula is C10H19NO6S. The van der Waals surface area contributed by atoms with Crippen molar-refractivity contribution in [1.82, 2.24) is 4.72 Å². The predicted octanol–water partition coefficient (Wildman–Crippen LogP) is 0.270. The molecule has 7 nitrogen and oxygen atoms in total. The first-order valence-corrected chi connectivity index (χ1v) is 7.24. The number of aliphatic carboxylic acids is 2. The normalized spacial score (nSPS) is 13.5. The Balaban J connectivity index is 4.47. The molecule has 0 aliphatic carbocycles. The third-order valence-corrected chi connectivity index (χ3v) is 3.65. The lowest BCUT2D eigenvalue weighted by Gasteiger charge is -2.14. The van der Waals surface area contributed by atoms with Crippen LogP contribution in [0, 0.1) is 5.92 Å². The average Bonchev–Trinajstić information content (AvgIpc) is 2.21. The van der Waals surface area contributed by atoms with Gasteiger partial charge in [-0.1, -0.05) is 13.8 Å². The molecule has 0 aliphatic heterocycles. The minimum absolute atomic E-state index is 0.165. The fraction of sp³-hybridized carbons (Fsp3) is 0.800. The Morgan fingerprint density at radius 1 is 1.17 bits per heavy atom.